The lowest BCUT2D eigenvalue weighted by Crippen LogP contribution is -2.22. The molecule has 0 fully saturated rings. The Morgan fingerprint density at radius 1 is 1.11 bits per heavy atom. The van der Waals surface area contributed by atoms with Gasteiger partial charge in [-0.3, -0.25) is 9.71 Å². The van der Waals surface area contributed by atoms with E-state index in [0.29, 0.717) is 22.8 Å². The van der Waals surface area contributed by atoms with Crippen molar-refractivity contribution in [1.82, 2.24) is 4.72 Å². The SMILES string of the molecule is O=S1(=O)NC(=NCCCCCCO)c2ccccc21. The molecule has 19 heavy (non-hydrogen) atoms. The Kier molecular flexibility index (Phi) is 4.55. The van der Waals surface area contributed by atoms with Crippen molar-refractivity contribution in [2.24, 2.45) is 4.99 Å². The molecule has 0 radical (unpaired) electrons. The molecule has 0 aromatic heterocycles. The predicted molar refractivity (Wildman–Crippen MR) is 73.7 cm³/mol. The number of aliphatic imine (C=N–C) groups is 1. The highest BCUT2D eigenvalue weighted by atomic mass is 32.2. The van der Waals surface area contributed by atoms with Gasteiger partial charge < -0.3 is 5.11 Å². The van der Waals surface area contributed by atoms with E-state index < -0.39 is 10.0 Å². The Labute approximate surface area is 113 Å². The fraction of sp³-hybridized carbons (Fsp3) is 0.462. The first-order valence-electron chi connectivity index (χ1n) is 6.42. The van der Waals surface area contributed by atoms with Crippen LogP contribution in [0.1, 0.15) is 31.2 Å². The summed E-state index contributed by atoms with van der Waals surface area (Å²) in [5, 5.41) is 8.66. The van der Waals surface area contributed by atoms with Crippen molar-refractivity contribution in [3.05, 3.63) is 29.8 Å². The number of nitrogens with one attached hydrogen (secondary N) is 1. The number of amidine groups is 1. The Balaban J connectivity index is 1.99. The molecule has 1 aromatic rings. The summed E-state index contributed by atoms with van der Waals surface area (Å²) in [6.07, 6.45) is 3.68. The van der Waals surface area contributed by atoms with E-state index in [9.17, 15) is 8.42 Å². The second-order valence-corrected chi connectivity index (χ2v) is 6.12. The van der Waals surface area contributed by atoms with Gasteiger partial charge in [0, 0.05) is 18.7 Å². The van der Waals surface area contributed by atoms with Gasteiger partial charge in [0.1, 0.15) is 5.84 Å². The lowest BCUT2D eigenvalue weighted by atomic mass is 10.2. The van der Waals surface area contributed by atoms with Crippen LogP contribution in [0, 0.1) is 0 Å². The molecule has 0 bridgehead atoms. The van der Waals surface area contributed by atoms with E-state index in [1.165, 1.54) is 0 Å². The van der Waals surface area contributed by atoms with Gasteiger partial charge >= 0.3 is 0 Å². The normalized spacial score (nSPS) is 18.3. The first kappa shape index (κ1) is 14.0. The van der Waals surface area contributed by atoms with E-state index in [0.717, 1.165) is 25.7 Å². The van der Waals surface area contributed by atoms with Crippen molar-refractivity contribution < 1.29 is 13.5 Å². The van der Waals surface area contributed by atoms with Crippen LogP contribution in [0.2, 0.25) is 0 Å². The maximum absolute atomic E-state index is 11.8. The van der Waals surface area contributed by atoms with E-state index in [2.05, 4.69) is 9.71 Å². The third-order valence-corrected chi connectivity index (χ3v) is 4.40. The second-order valence-electron chi connectivity index (χ2n) is 4.47. The molecule has 0 saturated heterocycles. The summed E-state index contributed by atoms with van der Waals surface area (Å²) in [4.78, 5) is 4.62. The Morgan fingerprint density at radius 3 is 2.63 bits per heavy atom. The molecule has 1 aromatic carbocycles. The van der Waals surface area contributed by atoms with Crippen LogP contribution in [0.4, 0.5) is 0 Å². The minimum absolute atomic E-state index is 0.224. The van der Waals surface area contributed by atoms with Crippen molar-refractivity contribution >= 4 is 15.9 Å². The highest BCUT2D eigenvalue weighted by Crippen LogP contribution is 2.22. The van der Waals surface area contributed by atoms with E-state index in [4.69, 9.17) is 5.11 Å². The van der Waals surface area contributed by atoms with Gasteiger partial charge in [0.15, 0.2) is 0 Å². The molecule has 2 N–H and O–H groups in total. The van der Waals surface area contributed by atoms with Crippen molar-refractivity contribution in [3.63, 3.8) is 0 Å². The molecule has 1 aliphatic rings. The molecule has 0 atom stereocenters. The number of unbranched alkanes of at least 4 members (excludes halogenated alkanes) is 3. The summed E-state index contributed by atoms with van der Waals surface area (Å²) >= 11 is 0. The van der Waals surface area contributed by atoms with Gasteiger partial charge in [0.2, 0.25) is 0 Å². The monoisotopic (exact) mass is 282 g/mol. The minimum Gasteiger partial charge on any atom is -0.396 e. The average Bonchev–Trinajstić information content (AvgIpc) is 2.66. The highest BCUT2D eigenvalue weighted by Gasteiger charge is 2.29. The summed E-state index contributed by atoms with van der Waals surface area (Å²) in [5.74, 6) is 0.442. The van der Waals surface area contributed by atoms with Gasteiger partial charge in [-0.2, -0.15) is 0 Å². The summed E-state index contributed by atoms with van der Waals surface area (Å²) in [6.45, 7) is 0.819. The van der Waals surface area contributed by atoms with Crippen molar-refractivity contribution in [3.8, 4) is 0 Å². The Morgan fingerprint density at radius 2 is 1.84 bits per heavy atom. The third-order valence-electron chi connectivity index (χ3n) is 3.00. The zero-order valence-corrected chi connectivity index (χ0v) is 11.5. The topological polar surface area (TPSA) is 78.8 Å². The van der Waals surface area contributed by atoms with Gasteiger partial charge in [-0.05, 0) is 25.0 Å². The van der Waals surface area contributed by atoms with Crippen LogP contribution in [-0.4, -0.2) is 32.5 Å². The van der Waals surface area contributed by atoms with Crippen LogP contribution in [0.25, 0.3) is 0 Å². The Bertz CT molecular complexity index is 567. The van der Waals surface area contributed by atoms with Gasteiger partial charge in [-0.1, -0.05) is 25.0 Å². The summed E-state index contributed by atoms with van der Waals surface area (Å²) in [6, 6.07) is 6.85. The molecule has 0 saturated carbocycles. The molecule has 1 heterocycles. The number of nitrogens with zero attached hydrogens (tertiary/aromatic N) is 1. The summed E-state index contributed by atoms with van der Waals surface area (Å²) < 4.78 is 26.1. The number of fused-ring (bicyclic) bond motifs is 1. The number of hydrogen-bond acceptors (Lipinski definition) is 4. The lowest BCUT2D eigenvalue weighted by molar-refractivity contribution is 0.282. The van der Waals surface area contributed by atoms with Crippen LogP contribution in [0.5, 0.6) is 0 Å². The van der Waals surface area contributed by atoms with Crippen LogP contribution in [0.15, 0.2) is 34.2 Å². The maximum Gasteiger partial charge on any atom is 0.263 e. The van der Waals surface area contributed by atoms with Crippen LogP contribution in [-0.2, 0) is 10.0 Å². The molecule has 6 heteroatoms. The van der Waals surface area contributed by atoms with Crippen LogP contribution < -0.4 is 4.72 Å². The number of rotatable bonds is 6. The van der Waals surface area contributed by atoms with Crippen LogP contribution >= 0.6 is 0 Å². The molecule has 104 valence electrons. The number of aliphatic hydroxyl groups excluding tert-OH is 1. The quantitative estimate of drug-likeness (QED) is 0.771. The molecule has 5 nitrogen and oxygen atoms in total. The van der Waals surface area contributed by atoms with E-state index in [-0.39, 0.29) is 6.61 Å². The fourth-order valence-electron chi connectivity index (χ4n) is 2.02. The zero-order chi connectivity index (χ0) is 13.7. The molecule has 0 unspecified atom stereocenters. The number of hydrogen-bond donors (Lipinski definition) is 2. The smallest absolute Gasteiger partial charge is 0.263 e. The molecule has 0 amide bonds. The highest BCUT2D eigenvalue weighted by molar-refractivity contribution is 7.90. The van der Waals surface area contributed by atoms with Gasteiger partial charge in [-0.25, -0.2) is 8.42 Å². The van der Waals surface area contributed by atoms with Gasteiger partial charge in [-0.15, -0.1) is 0 Å². The van der Waals surface area contributed by atoms with E-state index >= 15 is 0 Å². The number of benzene rings is 1. The Hall–Kier alpha value is -1.40. The van der Waals surface area contributed by atoms with Crippen molar-refractivity contribution in [2.75, 3.05) is 13.2 Å². The number of sulfonamides is 1. The fourth-order valence-corrected chi connectivity index (χ4v) is 3.27. The average molecular weight is 282 g/mol. The van der Waals surface area contributed by atoms with Crippen molar-refractivity contribution in [2.45, 2.75) is 30.6 Å². The molecular weight excluding hydrogens is 264 g/mol. The predicted octanol–water partition coefficient (Wildman–Crippen LogP) is 1.28. The first-order valence-corrected chi connectivity index (χ1v) is 7.91. The second kappa shape index (κ2) is 6.16. The van der Waals surface area contributed by atoms with Gasteiger partial charge in [0.25, 0.3) is 10.0 Å². The number of aliphatic hydroxyl groups is 1. The summed E-state index contributed by atoms with van der Waals surface area (Å²) in [7, 11) is -3.42. The maximum atomic E-state index is 11.8. The van der Waals surface area contributed by atoms with E-state index in [1.807, 2.05) is 0 Å². The molecule has 0 spiro atoms. The lowest BCUT2D eigenvalue weighted by Gasteiger charge is -1.99. The van der Waals surface area contributed by atoms with Gasteiger partial charge in [0.05, 0.1) is 4.90 Å². The van der Waals surface area contributed by atoms with Crippen molar-refractivity contribution in [1.29, 1.82) is 0 Å². The molecular formula is C13H18N2O3S. The molecule has 2 rings (SSSR count). The standard InChI is InChI=1S/C13H18N2O3S/c16-10-6-2-1-5-9-14-13-11-7-3-4-8-12(11)19(17,18)15-13/h3-4,7-8,16H,1-2,5-6,9-10H2,(H,14,15). The zero-order valence-electron chi connectivity index (χ0n) is 10.7. The van der Waals surface area contributed by atoms with E-state index in [1.54, 1.807) is 24.3 Å². The largest absolute Gasteiger partial charge is 0.396 e. The van der Waals surface area contributed by atoms with Crippen LogP contribution in [0.3, 0.4) is 0 Å². The molecule has 0 aliphatic carbocycles. The summed E-state index contributed by atoms with van der Waals surface area (Å²) in [5.41, 5.74) is 0.651. The first-order chi connectivity index (χ1) is 9.15. The third kappa shape index (κ3) is 3.33. The molecule has 1 aliphatic heterocycles. The minimum atomic E-state index is -3.42.